The molecule has 1 aliphatic rings. The molecule has 3 heterocycles. The third-order valence-electron chi connectivity index (χ3n) is 8.45. The van der Waals surface area contributed by atoms with Gasteiger partial charge >= 0.3 is 0 Å². The average Bonchev–Trinajstić information content (AvgIpc) is 3.42. The maximum Gasteiger partial charge on any atom is 0.277 e. The maximum absolute atomic E-state index is 13.7. The Morgan fingerprint density at radius 2 is 1.89 bits per heavy atom. The van der Waals surface area contributed by atoms with Crippen LogP contribution in [-0.4, -0.2) is 106 Å². The van der Waals surface area contributed by atoms with Gasteiger partial charge in [0, 0.05) is 45.5 Å². The van der Waals surface area contributed by atoms with E-state index in [1.165, 1.54) is 6.33 Å². The lowest BCUT2D eigenvalue weighted by atomic mass is 9.98. The van der Waals surface area contributed by atoms with Crippen LogP contribution in [0.15, 0.2) is 30.6 Å². The second-order valence-electron chi connectivity index (χ2n) is 11.9. The Morgan fingerprint density at radius 1 is 1.11 bits per heavy atom. The molecule has 1 atom stereocenters. The molecule has 2 aromatic heterocycles. The van der Waals surface area contributed by atoms with E-state index in [0.29, 0.717) is 42.9 Å². The van der Waals surface area contributed by atoms with E-state index in [-0.39, 0.29) is 35.8 Å². The summed E-state index contributed by atoms with van der Waals surface area (Å²) in [6.07, 6.45) is 8.73. The van der Waals surface area contributed by atoms with Gasteiger partial charge in [-0.3, -0.25) is 14.4 Å². The van der Waals surface area contributed by atoms with Crippen LogP contribution in [0.5, 0.6) is 0 Å². The summed E-state index contributed by atoms with van der Waals surface area (Å²) in [7, 11) is 5.48. The summed E-state index contributed by atoms with van der Waals surface area (Å²) >= 11 is 0. The molecule has 3 amide bonds. The zero-order valence-electron chi connectivity index (χ0n) is 27.0. The number of likely N-dealkylation sites (tertiary alicyclic amines) is 1. The second-order valence-corrected chi connectivity index (χ2v) is 11.9. The number of likely N-dealkylation sites (N-methyl/N-ethyl adjacent to an activating group) is 2. The van der Waals surface area contributed by atoms with Crippen LogP contribution in [0, 0.1) is 13.8 Å². The predicted molar refractivity (Wildman–Crippen MR) is 176 cm³/mol. The van der Waals surface area contributed by atoms with Gasteiger partial charge in [-0.25, -0.2) is 14.6 Å². The number of benzene rings is 1. The first kappa shape index (κ1) is 33.5. The van der Waals surface area contributed by atoms with Gasteiger partial charge < -0.3 is 31.5 Å². The molecule has 0 saturated carbocycles. The summed E-state index contributed by atoms with van der Waals surface area (Å²) in [6.45, 7) is 7.21. The van der Waals surface area contributed by atoms with Crippen molar-refractivity contribution in [1.82, 2.24) is 34.4 Å². The largest absolute Gasteiger partial charge is 0.383 e. The number of unbranched alkanes of at least 4 members (excludes halogenated alkanes) is 1. The quantitative estimate of drug-likeness (QED) is 0.204. The summed E-state index contributed by atoms with van der Waals surface area (Å²) in [5, 5.41) is 8.06. The van der Waals surface area contributed by atoms with Crippen LogP contribution < -0.4 is 16.8 Å². The molecular formula is C32H46N10O3. The molecule has 242 valence electrons. The molecule has 4 rings (SSSR count). The van der Waals surface area contributed by atoms with E-state index in [9.17, 15) is 14.4 Å². The lowest BCUT2D eigenvalue weighted by Gasteiger charge is -2.32. The summed E-state index contributed by atoms with van der Waals surface area (Å²) in [5.41, 5.74) is 15.7. The summed E-state index contributed by atoms with van der Waals surface area (Å²) < 4.78 is 1.71. The number of aromatic nitrogens is 4. The number of carbonyl (C=O) groups excluding carboxylic acids is 3. The van der Waals surface area contributed by atoms with E-state index in [1.807, 2.05) is 37.9 Å². The van der Waals surface area contributed by atoms with Crippen LogP contribution in [-0.2, 0) is 16.0 Å². The van der Waals surface area contributed by atoms with Crippen LogP contribution in [0.1, 0.15) is 58.9 Å². The van der Waals surface area contributed by atoms with Crippen molar-refractivity contribution < 1.29 is 14.4 Å². The van der Waals surface area contributed by atoms with Crippen molar-refractivity contribution in [3.8, 4) is 0 Å². The standard InChI is InChI=1S/C32H46N10O3/c1-21-22(2)25(13-12-23(21)18-27(44)39(3)4)37-32(45)29-28-30(34)35-20-36-31(28)42(38-29)24-10-8-17-41(19-24)26(43)11-9-16-40(5)15-7-6-14-33/h9,11-13,20,24H,6-8,10,14-19,33H2,1-5H3,(H,37,45)(H2,34,35,36)/b11-9+. The number of hydrogen-bond donors (Lipinski definition) is 3. The number of nitrogens with one attached hydrogen (secondary N) is 1. The molecule has 0 radical (unpaired) electrons. The lowest BCUT2D eigenvalue weighted by Crippen LogP contribution is -2.40. The number of nitrogens with two attached hydrogens (primary N) is 2. The van der Waals surface area contributed by atoms with Crippen molar-refractivity contribution in [2.75, 3.05) is 64.9 Å². The van der Waals surface area contributed by atoms with Crippen LogP contribution in [0.4, 0.5) is 11.5 Å². The van der Waals surface area contributed by atoms with Gasteiger partial charge in [-0.05, 0) is 82.4 Å². The fourth-order valence-corrected chi connectivity index (χ4v) is 5.53. The fourth-order valence-electron chi connectivity index (χ4n) is 5.53. The number of amides is 3. The van der Waals surface area contributed by atoms with E-state index < -0.39 is 5.91 Å². The van der Waals surface area contributed by atoms with Gasteiger partial charge in [0.05, 0.1) is 17.8 Å². The topological polar surface area (TPSA) is 169 Å². The third kappa shape index (κ3) is 8.03. The number of rotatable bonds is 12. The van der Waals surface area contributed by atoms with Crippen LogP contribution in [0.25, 0.3) is 11.0 Å². The summed E-state index contributed by atoms with van der Waals surface area (Å²) in [5.74, 6) is -0.339. The molecule has 3 aromatic rings. The highest BCUT2D eigenvalue weighted by molar-refractivity contribution is 6.13. The van der Waals surface area contributed by atoms with Gasteiger partial charge in [-0.1, -0.05) is 12.1 Å². The molecule has 13 heteroatoms. The van der Waals surface area contributed by atoms with Crippen molar-refractivity contribution in [3.05, 3.63) is 53.0 Å². The molecule has 1 saturated heterocycles. The van der Waals surface area contributed by atoms with Crippen molar-refractivity contribution in [2.24, 2.45) is 5.73 Å². The first-order valence-corrected chi connectivity index (χ1v) is 15.4. The van der Waals surface area contributed by atoms with E-state index in [1.54, 1.807) is 35.8 Å². The zero-order valence-corrected chi connectivity index (χ0v) is 27.0. The van der Waals surface area contributed by atoms with Gasteiger partial charge in [0.15, 0.2) is 11.3 Å². The van der Waals surface area contributed by atoms with Crippen molar-refractivity contribution in [2.45, 2.75) is 52.0 Å². The number of carbonyl (C=O) groups is 3. The Kier molecular flexibility index (Phi) is 11.2. The number of piperidine rings is 1. The summed E-state index contributed by atoms with van der Waals surface area (Å²) in [6, 6.07) is 3.47. The molecule has 45 heavy (non-hydrogen) atoms. The van der Waals surface area contributed by atoms with Crippen LogP contribution in [0.2, 0.25) is 0 Å². The minimum Gasteiger partial charge on any atom is -0.383 e. The third-order valence-corrected chi connectivity index (χ3v) is 8.45. The Morgan fingerprint density at radius 3 is 2.62 bits per heavy atom. The van der Waals surface area contributed by atoms with Crippen molar-refractivity contribution >= 4 is 40.3 Å². The lowest BCUT2D eigenvalue weighted by molar-refractivity contribution is -0.128. The zero-order chi connectivity index (χ0) is 32.7. The Bertz CT molecular complexity index is 1560. The number of anilines is 2. The monoisotopic (exact) mass is 618 g/mol. The molecule has 1 aromatic carbocycles. The number of nitrogens with zero attached hydrogens (tertiary/aromatic N) is 7. The van der Waals surface area contributed by atoms with Crippen LogP contribution in [0.3, 0.4) is 0 Å². The Balaban J connectivity index is 1.52. The molecule has 0 aliphatic carbocycles. The highest BCUT2D eigenvalue weighted by atomic mass is 16.2. The number of hydrogen-bond acceptors (Lipinski definition) is 9. The molecule has 13 nitrogen and oxygen atoms in total. The highest BCUT2D eigenvalue weighted by Crippen LogP contribution is 2.30. The normalized spacial score (nSPS) is 15.3. The average molecular weight is 619 g/mol. The highest BCUT2D eigenvalue weighted by Gasteiger charge is 2.29. The van der Waals surface area contributed by atoms with E-state index in [0.717, 1.165) is 48.9 Å². The molecule has 1 unspecified atom stereocenters. The van der Waals surface area contributed by atoms with E-state index in [2.05, 4.69) is 20.2 Å². The first-order chi connectivity index (χ1) is 21.5. The van der Waals surface area contributed by atoms with Crippen molar-refractivity contribution in [1.29, 1.82) is 0 Å². The Labute approximate surface area is 264 Å². The fraction of sp³-hybridized carbons (Fsp3) is 0.500. The maximum atomic E-state index is 13.7. The number of fused-ring (bicyclic) bond motifs is 1. The molecule has 1 aliphatic heterocycles. The Hall–Kier alpha value is -4.36. The SMILES string of the molecule is Cc1c(CC(=O)N(C)C)ccc(NC(=O)c2nn(C3CCCN(C(=O)/C=C/CN(C)CCCCN)C3)c3ncnc(N)c23)c1C. The van der Waals surface area contributed by atoms with Gasteiger partial charge in [0.1, 0.15) is 12.1 Å². The molecule has 0 bridgehead atoms. The van der Waals surface area contributed by atoms with Crippen LogP contribution >= 0.6 is 0 Å². The molecule has 1 fully saturated rings. The van der Waals surface area contributed by atoms with E-state index in [4.69, 9.17) is 16.6 Å². The molecule has 0 spiro atoms. The van der Waals surface area contributed by atoms with Gasteiger partial charge in [0.25, 0.3) is 5.91 Å². The minimum absolute atomic E-state index is 0.00225. The first-order valence-electron chi connectivity index (χ1n) is 15.4. The van der Waals surface area contributed by atoms with Gasteiger partial charge in [-0.2, -0.15) is 5.10 Å². The summed E-state index contributed by atoms with van der Waals surface area (Å²) in [4.78, 5) is 53.1. The predicted octanol–water partition coefficient (Wildman–Crippen LogP) is 2.30. The van der Waals surface area contributed by atoms with Gasteiger partial charge in [0.2, 0.25) is 11.8 Å². The van der Waals surface area contributed by atoms with Gasteiger partial charge in [-0.15, -0.1) is 0 Å². The molecule has 5 N–H and O–H groups in total. The van der Waals surface area contributed by atoms with Crippen molar-refractivity contribution in [3.63, 3.8) is 0 Å². The van der Waals surface area contributed by atoms with E-state index >= 15 is 0 Å². The minimum atomic E-state index is -0.442. The number of nitrogen functional groups attached to an aromatic ring is 1. The second kappa shape index (κ2) is 15.1. The smallest absolute Gasteiger partial charge is 0.277 e. The molecular weight excluding hydrogens is 572 g/mol.